The van der Waals surface area contributed by atoms with Gasteiger partial charge in [-0.05, 0) is 26.2 Å². The summed E-state index contributed by atoms with van der Waals surface area (Å²) in [6.45, 7) is 8.82. The summed E-state index contributed by atoms with van der Waals surface area (Å²) in [5, 5.41) is 0. The van der Waals surface area contributed by atoms with E-state index in [0.29, 0.717) is 6.10 Å². The fraction of sp³-hybridized carbons (Fsp3) is 1.00. The number of rotatable bonds is 16. The second kappa shape index (κ2) is 14.5. The van der Waals surface area contributed by atoms with Crippen LogP contribution in [-0.4, -0.2) is 38.0 Å². The zero-order chi connectivity index (χ0) is 16.7. The second-order valence-electron chi connectivity index (χ2n) is 7.74. The van der Waals surface area contributed by atoms with Gasteiger partial charge in [-0.2, -0.15) is 0 Å². The van der Waals surface area contributed by atoms with Crippen molar-refractivity contribution in [2.24, 2.45) is 0 Å². The SMILES string of the molecule is CCCCCCCCCCCC[N+](C)(C)COC(C)CCC. The van der Waals surface area contributed by atoms with E-state index in [1.807, 2.05) is 0 Å². The molecule has 0 aromatic heterocycles. The van der Waals surface area contributed by atoms with E-state index in [0.717, 1.165) is 11.2 Å². The zero-order valence-electron chi connectivity index (χ0n) is 16.3. The summed E-state index contributed by atoms with van der Waals surface area (Å²) in [7, 11) is 4.60. The average molecular weight is 315 g/mol. The van der Waals surface area contributed by atoms with Crippen LogP contribution in [0.5, 0.6) is 0 Å². The van der Waals surface area contributed by atoms with Crippen molar-refractivity contribution in [2.45, 2.75) is 104 Å². The molecule has 0 amide bonds. The molecular formula is C20H44NO+. The van der Waals surface area contributed by atoms with Crippen LogP contribution in [0, 0.1) is 0 Å². The molecule has 0 heterocycles. The molecule has 0 aliphatic heterocycles. The van der Waals surface area contributed by atoms with Gasteiger partial charge in [-0.3, -0.25) is 0 Å². The maximum Gasteiger partial charge on any atom is 0.183 e. The van der Waals surface area contributed by atoms with Gasteiger partial charge in [0.2, 0.25) is 0 Å². The molecule has 0 saturated carbocycles. The highest BCUT2D eigenvalue weighted by molar-refractivity contribution is 4.48. The number of nitrogens with zero attached hydrogens (tertiary/aromatic N) is 1. The molecule has 2 heteroatoms. The summed E-state index contributed by atoms with van der Waals surface area (Å²) >= 11 is 0. The van der Waals surface area contributed by atoms with E-state index in [2.05, 4.69) is 34.9 Å². The summed E-state index contributed by atoms with van der Waals surface area (Å²) < 4.78 is 6.97. The van der Waals surface area contributed by atoms with E-state index < -0.39 is 0 Å². The van der Waals surface area contributed by atoms with E-state index in [9.17, 15) is 0 Å². The van der Waals surface area contributed by atoms with Gasteiger partial charge in [-0.1, -0.05) is 71.6 Å². The number of quaternary nitrogens is 1. The minimum atomic E-state index is 0.412. The summed E-state index contributed by atoms with van der Waals surface area (Å²) in [4.78, 5) is 0. The van der Waals surface area contributed by atoms with Gasteiger partial charge in [-0.25, -0.2) is 0 Å². The monoisotopic (exact) mass is 314 g/mol. The van der Waals surface area contributed by atoms with E-state index in [1.54, 1.807) is 0 Å². The topological polar surface area (TPSA) is 9.23 Å². The first-order valence-corrected chi connectivity index (χ1v) is 9.95. The predicted molar refractivity (Wildman–Crippen MR) is 99.1 cm³/mol. The van der Waals surface area contributed by atoms with Gasteiger partial charge in [0.05, 0.1) is 26.7 Å². The van der Waals surface area contributed by atoms with Crippen LogP contribution in [0.4, 0.5) is 0 Å². The Hall–Kier alpha value is -0.0800. The minimum Gasteiger partial charge on any atom is -0.329 e. The van der Waals surface area contributed by atoms with Crippen molar-refractivity contribution in [2.75, 3.05) is 27.4 Å². The van der Waals surface area contributed by atoms with E-state index in [1.165, 1.54) is 83.6 Å². The van der Waals surface area contributed by atoms with Crippen molar-refractivity contribution >= 4 is 0 Å². The molecule has 0 bridgehead atoms. The molecule has 0 saturated heterocycles. The average Bonchev–Trinajstić information content (AvgIpc) is 2.47. The predicted octanol–water partition coefficient (Wildman–Crippen LogP) is 6.15. The Labute approximate surface area is 141 Å². The highest BCUT2D eigenvalue weighted by Gasteiger charge is 2.16. The summed E-state index contributed by atoms with van der Waals surface area (Å²) in [6, 6.07) is 0. The Morgan fingerprint density at radius 3 is 1.73 bits per heavy atom. The molecule has 134 valence electrons. The molecule has 0 N–H and O–H groups in total. The largest absolute Gasteiger partial charge is 0.329 e. The third-order valence-electron chi connectivity index (χ3n) is 4.52. The molecule has 0 aliphatic carbocycles. The van der Waals surface area contributed by atoms with Crippen molar-refractivity contribution < 1.29 is 9.22 Å². The number of ether oxygens (including phenoxy) is 1. The molecule has 0 rings (SSSR count). The summed E-state index contributed by atoms with van der Waals surface area (Å²) in [6.07, 6.45) is 17.0. The Morgan fingerprint density at radius 1 is 0.727 bits per heavy atom. The van der Waals surface area contributed by atoms with Crippen molar-refractivity contribution in [1.82, 2.24) is 0 Å². The third-order valence-corrected chi connectivity index (χ3v) is 4.52. The van der Waals surface area contributed by atoms with Gasteiger partial charge in [-0.15, -0.1) is 0 Å². The molecule has 0 aromatic carbocycles. The van der Waals surface area contributed by atoms with Crippen LogP contribution in [-0.2, 0) is 4.74 Å². The standard InChI is InChI=1S/C20H44NO/c1-6-8-9-10-11-12-13-14-15-16-18-21(4,5)19-22-20(3)17-7-2/h20H,6-19H2,1-5H3/q+1. The molecule has 0 aromatic rings. The molecule has 0 fully saturated rings. The lowest BCUT2D eigenvalue weighted by Gasteiger charge is -2.30. The minimum absolute atomic E-state index is 0.412. The van der Waals surface area contributed by atoms with Gasteiger partial charge in [0.25, 0.3) is 0 Å². The first-order chi connectivity index (χ1) is 10.5. The van der Waals surface area contributed by atoms with E-state index in [-0.39, 0.29) is 0 Å². The van der Waals surface area contributed by atoms with Crippen LogP contribution in [0.3, 0.4) is 0 Å². The van der Waals surface area contributed by atoms with Crippen molar-refractivity contribution in [3.63, 3.8) is 0 Å². The molecule has 22 heavy (non-hydrogen) atoms. The normalized spacial score (nSPS) is 13.5. The van der Waals surface area contributed by atoms with Gasteiger partial charge in [0.15, 0.2) is 6.73 Å². The summed E-state index contributed by atoms with van der Waals surface area (Å²) in [5.74, 6) is 0. The van der Waals surface area contributed by atoms with Crippen LogP contribution < -0.4 is 0 Å². The fourth-order valence-electron chi connectivity index (χ4n) is 2.91. The summed E-state index contributed by atoms with van der Waals surface area (Å²) in [5.41, 5.74) is 0. The van der Waals surface area contributed by atoms with Crippen molar-refractivity contribution in [3.8, 4) is 0 Å². The smallest absolute Gasteiger partial charge is 0.183 e. The maximum atomic E-state index is 5.96. The molecule has 0 spiro atoms. The molecule has 1 atom stereocenters. The highest BCUT2D eigenvalue weighted by Crippen LogP contribution is 2.12. The van der Waals surface area contributed by atoms with E-state index >= 15 is 0 Å². The lowest BCUT2D eigenvalue weighted by atomic mass is 10.1. The Bertz CT molecular complexity index is 228. The second-order valence-corrected chi connectivity index (χ2v) is 7.74. The number of unbranched alkanes of at least 4 members (excludes halogenated alkanes) is 9. The Morgan fingerprint density at radius 2 is 1.23 bits per heavy atom. The molecule has 1 unspecified atom stereocenters. The van der Waals surface area contributed by atoms with Gasteiger partial charge in [0, 0.05) is 0 Å². The quantitative estimate of drug-likeness (QED) is 0.189. The first-order valence-electron chi connectivity index (χ1n) is 9.95. The van der Waals surface area contributed by atoms with Crippen LogP contribution in [0.25, 0.3) is 0 Å². The number of hydrogen-bond donors (Lipinski definition) is 0. The first kappa shape index (κ1) is 21.9. The molecule has 0 radical (unpaired) electrons. The Balaban J connectivity index is 3.41. The molecule has 2 nitrogen and oxygen atoms in total. The highest BCUT2D eigenvalue weighted by atomic mass is 16.5. The zero-order valence-corrected chi connectivity index (χ0v) is 16.3. The number of hydrogen-bond acceptors (Lipinski definition) is 1. The molecular weight excluding hydrogens is 270 g/mol. The lowest BCUT2D eigenvalue weighted by molar-refractivity contribution is -0.910. The fourth-order valence-corrected chi connectivity index (χ4v) is 2.91. The van der Waals surface area contributed by atoms with E-state index in [4.69, 9.17) is 4.74 Å². The van der Waals surface area contributed by atoms with Gasteiger partial charge >= 0.3 is 0 Å². The van der Waals surface area contributed by atoms with Crippen LogP contribution in [0.1, 0.15) is 97.8 Å². The van der Waals surface area contributed by atoms with Crippen molar-refractivity contribution in [3.05, 3.63) is 0 Å². The van der Waals surface area contributed by atoms with Crippen LogP contribution >= 0.6 is 0 Å². The van der Waals surface area contributed by atoms with Gasteiger partial charge in [0.1, 0.15) is 0 Å². The van der Waals surface area contributed by atoms with Crippen LogP contribution in [0.2, 0.25) is 0 Å². The third kappa shape index (κ3) is 14.8. The molecule has 0 aliphatic rings. The lowest BCUT2D eigenvalue weighted by Crippen LogP contribution is -2.43. The van der Waals surface area contributed by atoms with Gasteiger partial charge < -0.3 is 9.22 Å². The Kier molecular flexibility index (Phi) is 14.5. The van der Waals surface area contributed by atoms with Crippen molar-refractivity contribution in [1.29, 1.82) is 0 Å². The maximum absolute atomic E-state index is 5.96. The van der Waals surface area contributed by atoms with Crippen LogP contribution in [0.15, 0.2) is 0 Å².